The number of hydrogen-bond acceptors (Lipinski definition) is 4. The lowest BCUT2D eigenvalue weighted by Gasteiger charge is -2.18. The van der Waals surface area contributed by atoms with Crippen LogP contribution < -0.4 is 10.6 Å². The standard InChI is InChI=1S/C18H17N5O.ClH/c19-16-10-13(6-7-20-16)18-21-8-9-22(18)15-11-17(24)23(12-15)14-4-2-1-3-5-14;/h1-10,15H,11-12H2,(H2,19,20);1H. The maximum atomic E-state index is 12.4. The zero-order valence-corrected chi connectivity index (χ0v) is 14.3. The second-order valence-electron chi connectivity index (χ2n) is 5.83. The molecule has 0 saturated carbocycles. The molecule has 1 aromatic carbocycles. The van der Waals surface area contributed by atoms with Crippen LogP contribution >= 0.6 is 12.4 Å². The number of amides is 1. The SMILES string of the molecule is Cl.Nc1cc(-c2nccn2C2CC(=O)N(c3ccccc3)C2)ccn1. The molecule has 0 aliphatic carbocycles. The molecule has 7 heteroatoms. The largest absolute Gasteiger partial charge is 0.384 e. The Balaban J connectivity index is 0.00000182. The Bertz CT molecular complexity index is 880. The van der Waals surface area contributed by atoms with Crippen molar-refractivity contribution in [2.24, 2.45) is 0 Å². The van der Waals surface area contributed by atoms with Crippen LogP contribution in [0.1, 0.15) is 12.5 Å². The average molecular weight is 356 g/mol. The number of nitrogen functional groups attached to an aromatic ring is 1. The van der Waals surface area contributed by atoms with Crippen molar-refractivity contribution in [3.8, 4) is 11.4 Å². The number of hydrogen-bond donors (Lipinski definition) is 1. The van der Waals surface area contributed by atoms with Crippen molar-refractivity contribution in [1.82, 2.24) is 14.5 Å². The van der Waals surface area contributed by atoms with Crippen LogP contribution in [0.25, 0.3) is 11.4 Å². The van der Waals surface area contributed by atoms with E-state index in [1.54, 1.807) is 18.5 Å². The van der Waals surface area contributed by atoms with Gasteiger partial charge in [0.15, 0.2) is 0 Å². The molecule has 1 aliphatic heterocycles. The van der Waals surface area contributed by atoms with E-state index in [4.69, 9.17) is 5.73 Å². The predicted molar refractivity (Wildman–Crippen MR) is 99.6 cm³/mol. The number of anilines is 2. The van der Waals surface area contributed by atoms with Crippen molar-refractivity contribution in [3.63, 3.8) is 0 Å². The first-order valence-corrected chi connectivity index (χ1v) is 7.82. The van der Waals surface area contributed by atoms with E-state index in [9.17, 15) is 4.79 Å². The Hall–Kier alpha value is -2.86. The quantitative estimate of drug-likeness (QED) is 0.783. The Morgan fingerprint density at radius 3 is 2.64 bits per heavy atom. The van der Waals surface area contributed by atoms with E-state index in [0.717, 1.165) is 17.1 Å². The molecule has 4 rings (SSSR count). The number of benzene rings is 1. The molecule has 2 N–H and O–H groups in total. The molecule has 2 aromatic heterocycles. The molecule has 1 atom stereocenters. The summed E-state index contributed by atoms with van der Waals surface area (Å²) in [5, 5.41) is 0. The molecule has 1 saturated heterocycles. The number of rotatable bonds is 3. The third-order valence-electron chi connectivity index (χ3n) is 4.27. The van der Waals surface area contributed by atoms with Gasteiger partial charge in [0.1, 0.15) is 11.6 Å². The zero-order chi connectivity index (χ0) is 16.5. The maximum absolute atomic E-state index is 12.4. The number of halogens is 1. The third kappa shape index (κ3) is 3.21. The average Bonchev–Trinajstić information content (AvgIpc) is 3.22. The lowest BCUT2D eigenvalue weighted by Crippen LogP contribution is -2.24. The van der Waals surface area contributed by atoms with Crippen LogP contribution in [0.15, 0.2) is 61.1 Å². The summed E-state index contributed by atoms with van der Waals surface area (Å²) in [6.45, 7) is 0.632. The first kappa shape index (κ1) is 17.0. The van der Waals surface area contributed by atoms with Crippen LogP contribution in [0.5, 0.6) is 0 Å². The van der Waals surface area contributed by atoms with Crippen LogP contribution in [0, 0.1) is 0 Å². The summed E-state index contributed by atoms with van der Waals surface area (Å²) < 4.78 is 2.05. The number of imidazole rings is 1. The van der Waals surface area contributed by atoms with E-state index in [2.05, 4.69) is 14.5 Å². The zero-order valence-electron chi connectivity index (χ0n) is 13.4. The second-order valence-corrected chi connectivity index (χ2v) is 5.83. The van der Waals surface area contributed by atoms with Gasteiger partial charge in [-0.3, -0.25) is 4.79 Å². The van der Waals surface area contributed by atoms with Gasteiger partial charge in [0.25, 0.3) is 0 Å². The Labute approximate surface area is 151 Å². The van der Waals surface area contributed by atoms with E-state index in [-0.39, 0.29) is 24.4 Å². The first-order chi connectivity index (χ1) is 11.7. The maximum Gasteiger partial charge on any atom is 0.229 e. The van der Waals surface area contributed by atoms with Gasteiger partial charge >= 0.3 is 0 Å². The summed E-state index contributed by atoms with van der Waals surface area (Å²) in [5.74, 6) is 1.38. The molecule has 1 unspecified atom stereocenters. The lowest BCUT2D eigenvalue weighted by atomic mass is 10.2. The van der Waals surface area contributed by atoms with E-state index in [0.29, 0.717) is 18.8 Å². The van der Waals surface area contributed by atoms with Gasteiger partial charge in [0, 0.05) is 42.8 Å². The number of nitrogens with two attached hydrogens (primary N) is 1. The van der Waals surface area contributed by atoms with Gasteiger partial charge in [-0.2, -0.15) is 0 Å². The molecule has 1 amide bonds. The smallest absolute Gasteiger partial charge is 0.229 e. The summed E-state index contributed by atoms with van der Waals surface area (Å²) in [5.41, 5.74) is 7.61. The van der Waals surface area contributed by atoms with Crippen molar-refractivity contribution >= 4 is 29.8 Å². The normalized spacial score (nSPS) is 16.7. The van der Waals surface area contributed by atoms with Crippen molar-refractivity contribution in [2.75, 3.05) is 17.2 Å². The molecule has 6 nitrogen and oxygen atoms in total. The molecule has 0 spiro atoms. The fraction of sp³-hybridized carbons (Fsp3) is 0.167. The van der Waals surface area contributed by atoms with Crippen molar-refractivity contribution in [3.05, 3.63) is 61.1 Å². The number of carbonyl (C=O) groups is 1. The number of para-hydroxylation sites is 1. The summed E-state index contributed by atoms with van der Waals surface area (Å²) >= 11 is 0. The molecule has 0 bridgehead atoms. The number of aromatic nitrogens is 3. The monoisotopic (exact) mass is 355 g/mol. The fourth-order valence-electron chi connectivity index (χ4n) is 3.15. The molecule has 1 fully saturated rings. The topological polar surface area (TPSA) is 77.0 Å². The summed E-state index contributed by atoms with van der Waals surface area (Å²) in [6, 6.07) is 13.5. The van der Waals surface area contributed by atoms with Crippen LogP contribution in [0.3, 0.4) is 0 Å². The van der Waals surface area contributed by atoms with Gasteiger partial charge in [0.2, 0.25) is 5.91 Å². The van der Waals surface area contributed by atoms with E-state index in [1.165, 1.54) is 0 Å². The number of carbonyl (C=O) groups excluding carboxylic acids is 1. The minimum absolute atomic E-state index is 0. The molecular formula is C18H18ClN5O. The Kier molecular flexibility index (Phi) is 4.72. The van der Waals surface area contributed by atoms with Crippen molar-refractivity contribution in [1.29, 1.82) is 0 Å². The summed E-state index contributed by atoms with van der Waals surface area (Å²) in [4.78, 5) is 22.7. The van der Waals surface area contributed by atoms with Crippen molar-refractivity contribution in [2.45, 2.75) is 12.5 Å². The van der Waals surface area contributed by atoms with Gasteiger partial charge in [-0.05, 0) is 24.3 Å². The number of nitrogens with zero attached hydrogens (tertiary/aromatic N) is 4. The van der Waals surface area contributed by atoms with Crippen LogP contribution in [-0.2, 0) is 4.79 Å². The highest BCUT2D eigenvalue weighted by Crippen LogP contribution is 2.31. The highest BCUT2D eigenvalue weighted by Gasteiger charge is 2.32. The molecule has 3 aromatic rings. The first-order valence-electron chi connectivity index (χ1n) is 7.82. The highest BCUT2D eigenvalue weighted by molar-refractivity contribution is 5.96. The summed E-state index contributed by atoms with van der Waals surface area (Å²) in [7, 11) is 0. The minimum atomic E-state index is 0. The predicted octanol–water partition coefficient (Wildman–Crippen LogP) is 2.93. The van der Waals surface area contributed by atoms with Gasteiger partial charge in [-0.1, -0.05) is 18.2 Å². The lowest BCUT2D eigenvalue weighted by molar-refractivity contribution is -0.117. The fourth-order valence-corrected chi connectivity index (χ4v) is 3.15. The van der Waals surface area contributed by atoms with E-state index in [1.807, 2.05) is 47.5 Å². The van der Waals surface area contributed by atoms with Gasteiger partial charge in [0.05, 0.1) is 6.04 Å². The van der Waals surface area contributed by atoms with Crippen molar-refractivity contribution < 1.29 is 4.79 Å². The summed E-state index contributed by atoms with van der Waals surface area (Å²) in [6.07, 6.45) is 5.79. The number of pyridine rings is 1. The van der Waals surface area contributed by atoms with E-state index < -0.39 is 0 Å². The second kappa shape index (κ2) is 6.94. The van der Waals surface area contributed by atoms with Crippen LogP contribution in [0.2, 0.25) is 0 Å². The Morgan fingerprint density at radius 2 is 1.88 bits per heavy atom. The molecule has 1 aliphatic rings. The third-order valence-corrected chi connectivity index (χ3v) is 4.27. The molecule has 0 radical (unpaired) electrons. The molecule has 25 heavy (non-hydrogen) atoms. The Morgan fingerprint density at radius 1 is 1.08 bits per heavy atom. The van der Waals surface area contributed by atoms with Gasteiger partial charge in [-0.15, -0.1) is 12.4 Å². The van der Waals surface area contributed by atoms with Crippen LogP contribution in [-0.4, -0.2) is 27.0 Å². The van der Waals surface area contributed by atoms with E-state index >= 15 is 0 Å². The van der Waals surface area contributed by atoms with Crippen LogP contribution in [0.4, 0.5) is 11.5 Å². The van der Waals surface area contributed by atoms with Gasteiger partial charge in [-0.25, -0.2) is 9.97 Å². The molecule has 128 valence electrons. The van der Waals surface area contributed by atoms with Gasteiger partial charge < -0.3 is 15.2 Å². The molecular weight excluding hydrogens is 338 g/mol. The minimum Gasteiger partial charge on any atom is -0.384 e. The highest BCUT2D eigenvalue weighted by atomic mass is 35.5. The molecule has 3 heterocycles.